The number of nitrogens with zero attached hydrogens (tertiary/aromatic N) is 2. The van der Waals surface area contributed by atoms with Gasteiger partial charge < -0.3 is 4.57 Å². The van der Waals surface area contributed by atoms with Crippen LogP contribution in [0.2, 0.25) is 0 Å². The Balaban J connectivity index is 2.37. The van der Waals surface area contributed by atoms with Gasteiger partial charge in [-0.05, 0) is 12.7 Å². The number of fused-ring (bicyclic) bond motifs is 1. The fourth-order valence-corrected chi connectivity index (χ4v) is 1.76. The summed E-state index contributed by atoms with van der Waals surface area (Å²) in [5, 5.41) is 1.16. The van der Waals surface area contributed by atoms with Crippen LogP contribution >= 0.6 is 11.8 Å². The van der Waals surface area contributed by atoms with Gasteiger partial charge in [0.25, 0.3) is 0 Å². The topological polar surface area (TPSA) is 17.8 Å². The van der Waals surface area contributed by atoms with Gasteiger partial charge in [-0.3, -0.25) is 0 Å². The predicted octanol–water partition coefficient (Wildman–Crippen LogP) is 1.55. The van der Waals surface area contributed by atoms with Gasteiger partial charge in [0.15, 0.2) is 0 Å². The smallest absolute Gasteiger partial charge is 0.114 e. The van der Waals surface area contributed by atoms with E-state index in [2.05, 4.69) is 22.0 Å². The van der Waals surface area contributed by atoms with Gasteiger partial charge >= 0.3 is 0 Å². The van der Waals surface area contributed by atoms with E-state index < -0.39 is 0 Å². The first kappa shape index (κ1) is 6.28. The Morgan fingerprint density at radius 2 is 2.60 bits per heavy atom. The van der Waals surface area contributed by atoms with E-state index in [1.165, 1.54) is 25.2 Å². The van der Waals surface area contributed by atoms with Crippen molar-refractivity contribution in [3.8, 4) is 0 Å². The minimum atomic E-state index is 1.16. The lowest BCUT2D eigenvalue weighted by Crippen LogP contribution is -1.87. The molecular formula is C7H10N2S. The highest BCUT2D eigenvalue weighted by molar-refractivity contribution is 7.98. The Hall–Kier alpha value is -0.440. The highest BCUT2D eigenvalue weighted by Crippen LogP contribution is 2.19. The molecule has 1 aromatic rings. The van der Waals surface area contributed by atoms with Crippen molar-refractivity contribution in [2.75, 3.05) is 6.26 Å². The lowest BCUT2D eigenvalue weighted by molar-refractivity contribution is 0.745. The van der Waals surface area contributed by atoms with Crippen LogP contribution in [0.5, 0.6) is 0 Å². The van der Waals surface area contributed by atoms with Crippen LogP contribution in [0.1, 0.15) is 12.2 Å². The zero-order valence-electron chi connectivity index (χ0n) is 6.00. The second-order valence-electron chi connectivity index (χ2n) is 2.50. The molecule has 0 radical (unpaired) electrons. The Morgan fingerprint density at radius 1 is 1.70 bits per heavy atom. The van der Waals surface area contributed by atoms with E-state index in [-0.39, 0.29) is 0 Å². The molecular weight excluding hydrogens is 144 g/mol. The highest BCUT2D eigenvalue weighted by atomic mass is 32.2. The molecule has 3 heteroatoms. The summed E-state index contributed by atoms with van der Waals surface area (Å²) in [5.74, 6) is 1.27. The average Bonchev–Trinajstić information content (AvgIpc) is 2.42. The van der Waals surface area contributed by atoms with E-state index in [9.17, 15) is 0 Å². The SMILES string of the molecule is CSc1cn2c(n1)CCC2. The number of hydrogen-bond donors (Lipinski definition) is 0. The number of imidazole rings is 1. The van der Waals surface area contributed by atoms with Crippen LogP contribution < -0.4 is 0 Å². The monoisotopic (exact) mass is 154 g/mol. The maximum atomic E-state index is 4.44. The first-order valence-electron chi connectivity index (χ1n) is 3.50. The molecule has 0 bridgehead atoms. The maximum Gasteiger partial charge on any atom is 0.114 e. The van der Waals surface area contributed by atoms with Crippen LogP contribution in [0.25, 0.3) is 0 Å². The third-order valence-electron chi connectivity index (χ3n) is 1.85. The van der Waals surface area contributed by atoms with Crippen molar-refractivity contribution in [3.63, 3.8) is 0 Å². The standard InChI is InChI=1S/C7H10N2S/c1-10-7-5-9-4-2-3-6(9)8-7/h5H,2-4H2,1H3. The van der Waals surface area contributed by atoms with Gasteiger partial charge in [0, 0.05) is 19.2 Å². The molecule has 0 aromatic carbocycles. The van der Waals surface area contributed by atoms with Crippen LogP contribution in [0, 0.1) is 0 Å². The van der Waals surface area contributed by atoms with E-state index in [1.807, 2.05) is 0 Å². The van der Waals surface area contributed by atoms with Crippen LogP contribution in [0.15, 0.2) is 11.2 Å². The van der Waals surface area contributed by atoms with Gasteiger partial charge in [-0.2, -0.15) is 0 Å². The third kappa shape index (κ3) is 0.850. The van der Waals surface area contributed by atoms with Crippen molar-refractivity contribution in [1.82, 2.24) is 9.55 Å². The predicted molar refractivity (Wildman–Crippen MR) is 42.3 cm³/mol. The molecule has 0 spiro atoms. The quantitative estimate of drug-likeness (QED) is 0.571. The zero-order valence-corrected chi connectivity index (χ0v) is 6.82. The van der Waals surface area contributed by atoms with Crippen molar-refractivity contribution >= 4 is 11.8 Å². The Morgan fingerprint density at radius 3 is 3.30 bits per heavy atom. The minimum absolute atomic E-state index is 1.16. The second kappa shape index (κ2) is 2.31. The minimum Gasteiger partial charge on any atom is -0.334 e. The van der Waals surface area contributed by atoms with Gasteiger partial charge in [-0.1, -0.05) is 0 Å². The average molecular weight is 154 g/mol. The van der Waals surface area contributed by atoms with E-state index in [4.69, 9.17) is 0 Å². The molecule has 0 amide bonds. The van der Waals surface area contributed by atoms with Crippen LogP contribution in [0.4, 0.5) is 0 Å². The molecule has 2 nitrogen and oxygen atoms in total. The zero-order chi connectivity index (χ0) is 6.97. The summed E-state index contributed by atoms with van der Waals surface area (Å²) in [6.07, 6.45) is 6.66. The van der Waals surface area contributed by atoms with Gasteiger partial charge in [0.05, 0.1) is 0 Å². The van der Waals surface area contributed by atoms with Crippen LogP contribution in [-0.2, 0) is 13.0 Å². The molecule has 0 aliphatic carbocycles. The molecule has 54 valence electrons. The van der Waals surface area contributed by atoms with Gasteiger partial charge in [-0.15, -0.1) is 11.8 Å². The number of aromatic nitrogens is 2. The van der Waals surface area contributed by atoms with Crippen molar-refractivity contribution in [2.45, 2.75) is 24.4 Å². The van der Waals surface area contributed by atoms with Crippen molar-refractivity contribution in [3.05, 3.63) is 12.0 Å². The molecule has 0 unspecified atom stereocenters. The molecule has 0 fully saturated rings. The molecule has 1 aliphatic heterocycles. The molecule has 1 aliphatic rings. The lowest BCUT2D eigenvalue weighted by atomic mass is 10.4. The van der Waals surface area contributed by atoms with Gasteiger partial charge in [0.1, 0.15) is 10.9 Å². The van der Waals surface area contributed by atoms with E-state index in [0.717, 1.165) is 5.03 Å². The highest BCUT2D eigenvalue weighted by Gasteiger charge is 2.12. The number of hydrogen-bond acceptors (Lipinski definition) is 2. The lowest BCUT2D eigenvalue weighted by Gasteiger charge is -1.88. The molecule has 2 rings (SSSR count). The normalized spacial score (nSPS) is 15.7. The molecule has 2 heterocycles. The molecule has 1 aromatic heterocycles. The Bertz CT molecular complexity index is 220. The van der Waals surface area contributed by atoms with Crippen LogP contribution in [-0.4, -0.2) is 15.8 Å². The summed E-state index contributed by atoms with van der Waals surface area (Å²) in [4.78, 5) is 4.44. The molecule has 0 saturated heterocycles. The van der Waals surface area contributed by atoms with Crippen LogP contribution in [0.3, 0.4) is 0 Å². The van der Waals surface area contributed by atoms with Crippen molar-refractivity contribution in [2.24, 2.45) is 0 Å². The fraction of sp³-hybridized carbons (Fsp3) is 0.571. The first-order chi connectivity index (χ1) is 4.90. The molecule has 0 atom stereocenters. The summed E-state index contributed by atoms with van der Waals surface area (Å²) in [5.41, 5.74) is 0. The van der Waals surface area contributed by atoms with Gasteiger partial charge in [0.2, 0.25) is 0 Å². The third-order valence-corrected chi connectivity index (χ3v) is 2.46. The Kier molecular flexibility index (Phi) is 1.45. The van der Waals surface area contributed by atoms with Crippen molar-refractivity contribution in [1.29, 1.82) is 0 Å². The van der Waals surface area contributed by atoms with Crippen molar-refractivity contribution < 1.29 is 0 Å². The second-order valence-corrected chi connectivity index (χ2v) is 3.32. The van der Waals surface area contributed by atoms with E-state index in [0.29, 0.717) is 0 Å². The van der Waals surface area contributed by atoms with Gasteiger partial charge in [-0.25, -0.2) is 4.98 Å². The van der Waals surface area contributed by atoms with E-state index in [1.54, 1.807) is 11.8 Å². The first-order valence-corrected chi connectivity index (χ1v) is 4.72. The summed E-state index contributed by atoms with van der Waals surface area (Å²) < 4.78 is 2.26. The summed E-state index contributed by atoms with van der Waals surface area (Å²) in [6.45, 7) is 1.17. The largest absolute Gasteiger partial charge is 0.334 e. The van der Waals surface area contributed by atoms with E-state index >= 15 is 0 Å². The Labute approximate surface area is 64.6 Å². The fourth-order valence-electron chi connectivity index (χ4n) is 1.33. The molecule has 0 saturated carbocycles. The summed E-state index contributed by atoms with van der Waals surface area (Å²) in [7, 11) is 0. The summed E-state index contributed by atoms with van der Waals surface area (Å²) in [6, 6.07) is 0. The number of rotatable bonds is 1. The maximum absolute atomic E-state index is 4.44. The summed E-state index contributed by atoms with van der Waals surface area (Å²) >= 11 is 1.72. The number of thioether (sulfide) groups is 1. The molecule has 10 heavy (non-hydrogen) atoms. The number of aryl methyl sites for hydroxylation is 2. The molecule has 0 N–H and O–H groups in total.